The Hall–Kier alpha value is -1.84. The first-order valence-corrected chi connectivity index (χ1v) is 6.72. The minimum absolute atomic E-state index is 0.129. The molecule has 3 nitrogen and oxygen atoms in total. The lowest BCUT2D eigenvalue weighted by Crippen LogP contribution is -2.26. The summed E-state index contributed by atoms with van der Waals surface area (Å²) in [6, 6.07) is 15.0. The van der Waals surface area contributed by atoms with Gasteiger partial charge in [-0.05, 0) is 23.8 Å². The van der Waals surface area contributed by atoms with Gasteiger partial charge < -0.3 is 10.1 Å². The molecule has 0 aliphatic carbocycles. The van der Waals surface area contributed by atoms with Crippen LogP contribution in [0.1, 0.15) is 10.4 Å². The number of carbonyl (C=O) groups is 1. The van der Waals surface area contributed by atoms with Crippen LogP contribution in [0.5, 0.6) is 0 Å². The average molecular weight is 290 g/mol. The van der Waals surface area contributed by atoms with Gasteiger partial charge in [0, 0.05) is 29.8 Å². The van der Waals surface area contributed by atoms with E-state index < -0.39 is 0 Å². The van der Waals surface area contributed by atoms with E-state index in [1.807, 2.05) is 30.3 Å². The van der Waals surface area contributed by atoms with Crippen LogP contribution in [-0.2, 0) is 4.74 Å². The maximum Gasteiger partial charge on any atom is 0.251 e. The molecule has 0 atom stereocenters. The lowest BCUT2D eigenvalue weighted by atomic mass is 10.0. The Morgan fingerprint density at radius 3 is 2.65 bits per heavy atom. The number of carbonyl (C=O) groups excluding carboxylic acids is 1. The fourth-order valence-corrected chi connectivity index (χ4v) is 2.10. The quantitative estimate of drug-likeness (QED) is 0.857. The van der Waals surface area contributed by atoms with Crippen molar-refractivity contribution in [3.8, 4) is 11.1 Å². The Morgan fingerprint density at radius 1 is 1.20 bits per heavy atom. The van der Waals surface area contributed by atoms with E-state index in [0.717, 1.165) is 11.1 Å². The number of methoxy groups -OCH3 is 1. The van der Waals surface area contributed by atoms with Crippen LogP contribution < -0.4 is 5.32 Å². The number of nitrogens with one attached hydrogen (secondary N) is 1. The number of rotatable bonds is 5. The van der Waals surface area contributed by atoms with Crippen LogP contribution in [-0.4, -0.2) is 26.2 Å². The summed E-state index contributed by atoms with van der Waals surface area (Å²) in [5.41, 5.74) is 2.43. The SMILES string of the molecule is COCCNC(=O)c1ccc(Cl)c(-c2ccccc2)c1. The Bertz CT molecular complexity index is 584. The van der Waals surface area contributed by atoms with Gasteiger partial charge in [-0.25, -0.2) is 0 Å². The summed E-state index contributed by atoms with van der Waals surface area (Å²) in [6.07, 6.45) is 0. The van der Waals surface area contributed by atoms with Crippen molar-refractivity contribution in [1.82, 2.24) is 5.32 Å². The molecule has 0 aromatic heterocycles. The minimum Gasteiger partial charge on any atom is -0.383 e. The van der Waals surface area contributed by atoms with Crippen molar-refractivity contribution in [3.63, 3.8) is 0 Å². The van der Waals surface area contributed by atoms with Gasteiger partial charge in [0.2, 0.25) is 0 Å². The first-order valence-electron chi connectivity index (χ1n) is 6.34. The zero-order valence-electron chi connectivity index (χ0n) is 11.2. The van der Waals surface area contributed by atoms with Crippen molar-refractivity contribution in [3.05, 3.63) is 59.1 Å². The Balaban J connectivity index is 2.23. The third-order valence-corrected chi connectivity index (χ3v) is 3.23. The molecule has 0 spiro atoms. The van der Waals surface area contributed by atoms with Crippen molar-refractivity contribution in [2.45, 2.75) is 0 Å². The number of hydrogen-bond donors (Lipinski definition) is 1. The van der Waals surface area contributed by atoms with Gasteiger partial charge in [0.05, 0.1) is 6.61 Å². The van der Waals surface area contributed by atoms with Crippen LogP contribution in [0.15, 0.2) is 48.5 Å². The third-order valence-electron chi connectivity index (χ3n) is 2.91. The van der Waals surface area contributed by atoms with Crippen LogP contribution in [0.2, 0.25) is 5.02 Å². The largest absolute Gasteiger partial charge is 0.383 e. The second-order valence-electron chi connectivity index (χ2n) is 4.31. The van der Waals surface area contributed by atoms with Gasteiger partial charge >= 0.3 is 0 Å². The van der Waals surface area contributed by atoms with Crippen LogP contribution in [0, 0.1) is 0 Å². The van der Waals surface area contributed by atoms with Crippen molar-refractivity contribution in [2.75, 3.05) is 20.3 Å². The Morgan fingerprint density at radius 2 is 1.95 bits per heavy atom. The number of ether oxygens (including phenoxy) is 1. The van der Waals surface area contributed by atoms with Gasteiger partial charge in [-0.2, -0.15) is 0 Å². The van der Waals surface area contributed by atoms with E-state index in [-0.39, 0.29) is 5.91 Å². The fraction of sp³-hybridized carbons (Fsp3) is 0.188. The molecule has 0 saturated heterocycles. The van der Waals surface area contributed by atoms with E-state index in [2.05, 4.69) is 5.32 Å². The molecular formula is C16H16ClNO2. The summed E-state index contributed by atoms with van der Waals surface area (Å²) >= 11 is 6.21. The van der Waals surface area contributed by atoms with Crippen molar-refractivity contribution in [1.29, 1.82) is 0 Å². The van der Waals surface area contributed by atoms with Gasteiger partial charge in [0.1, 0.15) is 0 Å². The molecule has 1 N–H and O–H groups in total. The Labute approximate surface area is 123 Å². The summed E-state index contributed by atoms with van der Waals surface area (Å²) in [5, 5.41) is 3.42. The van der Waals surface area contributed by atoms with E-state index in [0.29, 0.717) is 23.7 Å². The first-order chi connectivity index (χ1) is 9.72. The molecule has 0 bridgehead atoms. The molecule has 0 radical (unpaired) electrons. The van der Waals surface area contributed by atoms with Crippen LogP contribution in [0.25, 0.3) is 11.1 Å². The number of benzene rings is 2. The molecule has 0 unspecified atom stereocenters. The number of halogens is 1. The predicted molar refractivity (Wildman–Crippen MR) is 81.1 cm³/mol. The maximum atomic E-state index is 12.0. The topological polar surface area (TPSA) is 38.3 Å². The highest BCUT2D eigenvalue weighted by Crippen LogP contribution is 2.28. The zero-order chi connectivity index (χ0) is 14.4. The molecule has 1 amide bonds. The molecule has 2 rings (SSSR count). The number of hydrogen-bond acceptors (Lipinski definition) is 2. The minimum atomic E-state index is -0.129. The lowest BCUT2D eigenvalue weighted by Gasteiger charge is -2.08. The van der Waals surface area contributed by atoms with E-state index >= 15 is 0 Å². The normalized spacial score (nSPS) is 10.3. The van der Waals surface area contributed by atoms with Gasteiger partial charge in [-0.15, -0.1) is 0 Å². The summed E-state index contributed by atoms with van der Waals surface area (Å²) in [4.78, 5) is 12.0. The summed E-state index contributed by atoms with van der Waals surface area (Å²) < 4.78 is 4.90. The third kappa shape index (κ3) is 3.59. The van der Waals surface area contributed by atoms with Crippen molar-refractivity contribution in [2.24, 2.45) is 0 Å². The summed E-state index contributed by atoms with van der Waals surface area (Å²) in [6.45, 7) is 0.976. The smallest absolute Gasteiger partial charge is 0.251 e. The molecular weight excluding hydrogens is 274 g/mol. The second-order valence-corrected chi connectivity index (χ2v) is 4.72. The molecule has 0 aliphatic rings. The van der Waals surface area contributed by atoms with Crippen molar-refractivity contribution < 1.29 is 9.53 Å². The molecule has 0 aliphatic heterocycles. The zero-order valence-corrected chi connectivity index (χ0v) is 12.0. The molecule has 20 heavy (non-hydrogen) atoms. The predicted octanol–water partition coefficient (Wildman–Crippen LogP) is 3.38. The molecule has 104 valence electrons. The van der Waals surface area contributed by atoms with Crippen LogP contribution >= 0.6 is 11.6 Å². The molecule has 0 saturated carbocycles. The van der Waals surface area contributed by atoms with Gasteiger partial charge in [0.15, 0.2) is 0 Å². The van der Waals surface area contributed by atoms with Gasteiger partial charge in [-0.1, -0.05) is 41.9 Å². The molecule has 4 heteroatoms. The fourth-order valence-electron chi connectivity index (χ4n) is 1.87. The monoisotopic (exact) mass is 289 g/mol. The highest BCUT2D eigenvalue weighted by atomic mass is 35.5. The van der Waals surface area contributed by atoms with Crippen LogP contribution in [0.3, 0.4) is 0 Å². The Kier molecular flexibility index (Phi) is 5.16. The lowest BCUT2D eigenvalue weighted by molar-refractivity contribution is 0.0937. The van der Waals surface area contributed by atoms with E-state index in [1.165, 1.54) is 0 Å². The average Bonchev–Trinajstić information content (AvgIpc) is 2.49. The van der Waals surface area contributed by atoms with Crippen LogP contribution in [0.4, 0.5) is 0 Å². The van der Waals surface area contributed by atoms with E-state index in [4.69, 9.17) is 16.3 Å². The van der Waals surface area contributed by atoms with E-state index in [9.17, 15) is 4.79 Å². The molecule has 0 heterocycles. The molecule has 2 aromatic rings. The summed E-state index contributed by atoms with van der Waals surface area (Å²) in [5.74, 6) is -0.129. The highest BCUT2D eigenvalue weighted by molar-refractivity contribution is 6.33. The summed E-state index contributed by atoms with van der Waals surface area (Å²) in [7, 11) is 1.60. The molecule has 0 fully saturated rings. The highest BCUT2D eigenvalue weighted by Gasteiger charge is 2.09. The van der Waals surface area contributed by atoms with Gasteiger partial charge in [0.25, 0.3) is 5.91 Å². The standard InChI is InChI=1S/C16H16ClNO2/c1-20-10-9-18-16(19)13-7-8-15(17)14(11-13)12-5-3-2-4-6-12/h2-8,11H,9-10H2,1H3,(H,18,19). The molecule has 2 aromatic carbocycles. The van der Waals surface area contributed by atoms with Gasteiger partial charge in [-0.3, -0.25) is 4.79 Å². The van der Waals surface area contributed by atoms with E-state index in [1.54, 1.807) is 25.3 Å². The maximum absolute atomic E-state index is 12.0. The number of amides is 1. The second kappa shape index (κ2) is 7.08. The first kappa shape index (κ1) is 14.6. The van der Waals surface area contributed by atoms with Crippen molar-refractivity contribution >= 4 is 17.5 Å².